The van der Waals surface area contributed by atoms with Gasteiger partial charge in [0.2, 0.25) is 5.91 Å². The number of methoxy groups -OCH3 is 1. The Morgan fingerprint density at radius 1 is 0.841 bits per heavy atom. The van der Waals surface area contributed by atoms with Crippen LogP contribution in [0.1, 0.15) is 119 Å². The summed E-state index contributed by atoms with van der Waals surface area (Å²) in [6.45, 7) is 14.5. The first-order chi connectivity index (χ1) is 20.5. The molecule has 12 heteroatoms. The van der Waals surface area contributed by atoms with Gasteiger partial charge in [0.05, 0.1) is 24.8 Å². The molecule has 1 aromatic heterocycles. The number of ketones is 1. The van der Waals surface area contributed by atoms with Crippen molar-refractivity contribution in [2.24, 2.45) is 5.92 Å². The summed E-state index contributed by atoms with van der Waals surface area (Å²) < 4.78 is 16.9. The van der Waals surface area contributed by atoms with E-state index in [2.05, 4.69) is 15.6 Å². The van der Waals surface area contributed by atoms with Gasteiger partial charge in [0.1, 0.15) is 23.6 Å². The highest BCUT2D eigenvalue weighted by molar-refractivity contribution is 5.94. The molecule has 0 bridgehead atoms. The fraction of sp³-hybridized carbons (Fsp3) is 0.750. The number of ether oxygens (including phenoxy) is 3. The highest BCUT2D eigenvalue weighted by atomic mass is 16.6. The number of carbonyl (C=O) groups is 5. The number of amides is 2. The Bertz CT molecular complexity index is 1090. The Morgan fingerprint density at radius 2 is 1.43 bits per heavy atom. The quantitative estimate of drug-likeness (QED) is 0.130. The van der Waals surface area contributed by atoms with Crippen molar-refractivity contribution < 1.29 is 38.2 Å². The van der Waals surface area contributed by atoms with E-state index in [1.807, 2.05) is 13.8 Å². The van der Waals surface area contributed by atoms with E-state index in [1.165, 1.54) is 24.2 Å². The highest BCUT2D eigenvalue weighted by Gasteiger charge is 2.32. The number of nitrogens with one attached hydrogen (secondary N) is 2. The van der Waals surface area contributed by atoms with Gasteiger partial charge < -0.3 is 24.8 Å². The molecule has 0 aliphatic heterocycles. The van der Waals surface area contributed by atoms with Crippen molar-refractivity contribution in [1.82, 2.24) is 20.2 Å². The Labute approximate surface area is 262 Å². The van der Waals surface area contributed by atoms with Crippen LogP contribution in [0, 0.1) is 5.92 Å². The molecule has 0 aromatic carbocycles. The molecule has 44 heavy (non-hydrogen) atoms. The molecule has 3 unspecified atom stereocenters. The van der Waals surface area contributed by atoms with Crippen molar-refractivity contribution >= 4 is 29.8 Å². The third-order valence-corrected chi connectivity index (χ3v) is 6.60. The monoisotopic (exact) mass is 622 g/mol. The van der Waals surface area contributed by atoms with Gasteiger partial charge in [-0.2, -0.15) is 0 Å². The van der Waals surface area contributed by atoms with Crippen LogP contribution < -0.4 is 10.6 Å². The lowest BCUT2D eigenvalue weighted by atomic mass is 9.91. The van der Waals surface area contributed by atoms with E-state index in [1.54, 1.807) is 41.5 Å². The second-order valence-electron chi connectivity index (χ2n) is 13.1. The lowest BCUT2D eigenvalue weighted by Crippen LogP contribution is -2.53. The second-order valence-corrected chi connectivity index (χ2v) is 13.1. The number of rotatable bonds is 17. The number of aromatic nitrogens is 2. The summed E-state index contributed by atoms with van der Waals surface area (Å²) in [4.78, 5) is 69.2. The molecule has 0 aliphatic carbocycles. The van der Waals surface area contributed by atoms with Crippen LogP contribution in [0.5, 0.6) is 0 Å². The molecule has 0 saturated carbocycles. The zero-order chi connectivity index (χ0) is 33.5. The van der Waals surface area contributed by atoms with Gasteiger partial charge >= 0.3 is 18.2 Å². The van der Waals surface area contributed by atoms with Gasteiger partial charge in [-0.1, -0.05) is 52.4 Å². The van der Waals surface area contributed by atoms with Gasteiger partial charge in [-0.15, -0.1) is 0 Å². The molecular formula is C32H54N4O8. The number of hydrogen-bond donors (Lipinski definition) is 2. The van der Waals surface area contributed by atoms with Crippen LogP contribution in [0.2, 0.25) is 0 Å². The first-order valence-electron chi connectivity index (χ1n) is 15.7. The van der Waals surface area contributed by atoms with Crippen molar-refractivity contribution in [3.05, 3.63) is 18.2 Å². The molecule has 1 heterocycles. The van der Waals surface area contributed by atoms with Crippen LogP contribution in [0.25, 0.3) is 0 Å². The number of hydrogen-bond acceptors (Lipinski definition) is 9. The van der Waals surface area contributed by atoms with Crippen LogP contribution >= 0.6 is 0 Å². The predicted octanol–water partition coefficient (Wildman–Crippen LogP) is 5.50. The number of Topliss-reactive ketones (excluding diaryl/α,β-unsaturated/α-hetero) is 1. The molecule has 250 valence electrons. The number of alkyl carbamates (subject to hydrolysis) is 1. The molecule has 2 amide bonds. The third-order valence-electron chi connectivity index (χ3n) is 6.60. The summed E-state index contributed by atoms with van der Waals surface area (Å²) in [5, 5.41) is 5.43. The zero-order valence-corrected chi connectivity index (χ0v) is 28.1. The van der Waals surface area contributed by atoms with Crippen molar-refractivity contribution in [2.45, 2.75) is 143 Å². The summed E-state index contributed by atoms with van der Waals surface area (Å²) in [6.07, 6.45) is 7.01. The normalized spacial score (nSPS) is 13.8. The minimum absolute atomic E-state index is 0.0443. The van der Waals surface area contributed by atoms with E-state index in [-0.39, 0.29) is 18.6 Å². The highest BCUT2D eigenvalue weighted by Crippen LogP contribution is 2.19. The molecule has 3 atom stereocenters. The topological polar surface area (TPSA) is 155 Å². The van der Waals surface area contributed by atoms with Gasteiger partial charge in [-0.05, 0) is 54.4 Å². The van der Waals surface area contributed by atoms with Crippen LogP contribution in [0.3, 0.4) is 0 Å². The largest absolute Gasteiger partial charge is 0.469 e. The Hall–Kier alpha value is -3.44. The van der Waals surface area contributed by atoms with Crippen LogP contribution in [-0.4, -0.2) is 69.8 Å². The minimum atomic E-state index is -1.09. The average Bonchev–Trinajstić information content (AvgIpc) is 3.38. The second kappa shape index (κ2) is 18.4. The summed E-state index contributed by atoms with van der Waals surface area (Å²) >= 11 is 0. The third kappa shape index (κ3) is 15.3. The molecule has 12 nitrogen and oxygen atoms in total. The summed E-state index contributed by atoms with van der Waals surface area (Å²) in [6, 6.07) is -2.04. The first kappa shape index (κ1) is 38.6. The summed E-state index contributed by atoms with van der Waals surface area (Å²) in [5.41, 5.74) is -1.12. The molecule has 1 aromatic rings. The van der Waals surface area contributed by atoms with Crippen molar-refractivity contribution in [2.75, 3.05) is 7.11 Å². The van der Waals surface area contributed by atoms with E-state index in [4.69, 9.17) is 14.2 Å². The maximum Gasteiger partial charge on any atom is 0.419 e. The Kier molecular flexibility index (Phi) is 16.1. The number of esters is 1. The molecule has 0 spiro atoms. The Balaban J connectivity index is 3.28. The van der Waals surface area contributed by atoms with Gasteiger partial charge in [-0.3, -0.25) is 14.4 Å². The van der Waals surface area contributed by atoms with Crippen LogP contribution in [-0.2, 0) is 35.0 Å². The lowest BCUT2D eigenvalue weighted by Gasteiger charge is -2.25. The van der Waals surface area contributed by atoms with Crippen LogP contribution in [0.15, 0.2) is 12.5 Å². The number of carbonyl (C=O) groups excluding carboxylic acids is 5. The molecular weight excluding hydrogens is 568 g/mol. The minimum Gasteiger partial charge on any atom is -0.469 e. The SMILES string of the molecule is CCCCCC(CC(=O)C(Cc1cn(C(=O)OC(C)(C)C)cn1)NC(=O)C(CCCCC)NC(=O)OC(C)(C)C)C(=O)OC. The Morgan fingerprint density at radius 3 is 1.98 bits per heavy atom. The zero-order valence-electron chi connectivity index (χ0n) is 28.1. The van der Waals surface area contributed by atoms with E-state index in [9.17, 15) is 24.0 Å². The maximum absolute atomic E-state index is 13.7. The fourth-order valence-corrected chi connectivity index (χ4v) is 4.42. The van der Waals surface area contributed by atoms with E-state index < -0.39 is 53.3 Å². The van der Waals surface area contributed by atoms with E-state index >= 15 is 0 Å². The van der Waals surface area contributed by atoms with Crippen LogP contribution in [0.4, 0.5) is 9.59 Å². The molecule has 1 rings (SSSR count). The number of unbranched alkanes of at least 4 members (excludes halogenated alkanes) is 4. The number of nitrogens with zero attached hydrogens (tertiary/aromatic N) is 2. The molecule has 0 aliphatic rings. The van der Waals surface area contributed by atoms with Gasteiger partial charge in [-0.25, -0.2) is 19.1 Å². The maximum atomic E-state index is 13.7. The number of imidazole rings is 1. The standard InChI is InChI=1S/C32H54N4O8/c1-10-12-14-16-22(28(39)42-9)18-26(37)25(19-23-20-36(21-33-23)30(41)44-32(6,7)8)34-27(38)24(17-15-13-11-2)35-29(40)43-31(3,4)5/h20-22,24-25H,10-19H2,1-9H3,(H,34,38)(H,35,40). The average molecular weight is 623 g/mol. The van der Waals surface area contributed by atoms with Gasteiger partial charge in [0.25, 0.3) is 0 Å². The van der Waals surface area contributed by atoms with Crippen molar-refractivity contribution in [3.63, 3.8) is 0 Å². The molecule has 2 N–H and O–H groups in total. The van der Waals surface area contributed by atoms with E-state index in [0.29, 0.717) is 25.0 Å². The van der Waals surface area contributed by atoms with Crippen molar-refractivity contribution in [1.29, 1.82) is 0 Å². The summed E-state index contributed by atoms with van der Waals surface area (Å²) in [7, 11) is 1.28. The van der Waals surface area contributed by atoms with Crippen molar-refractivity contribution in [3.8, 4) is 0 Å². The molecule has 0 radical (unpaired) electrons. The van der Waals surface area contributed by atoms with Gasteiger partial charge in [0, 0.05) is 19.0 Å². The van der Waals surface area contributed by atoms with Gasteiger partial charge in [0.15, 0.2) is 5.78 Å². The first-order valence-corrected chi connectivity index (χ1v) is 15.7. The smallest absolute Gasteiger partial charge is 0.419 e. The lowest BCUT2D eigenvalue weighted by molar-refractivity contribution is -0.147. The predicted molar refractivity (Wildman–Crippen MR) is 166 cm³/mol. The summed E-state index contributed by atoms with van der Waals surface area (Å²) in [5.74, 6) is -2.10. The molecule has 0 fully saturated rings. The fourth-order valence-electron chi connectivity index (χ4n) is 4.42. The molecule has 0 saturated heterocycles. The van der Waals surface area contributed by atoms with E-state index in [0.717, 1.165) is 32.1 Å².